The molecule has 0 amide bonds. The van der Waals surface area contributed by atoms with Gasteiger partial charge in [0.1, 0.15) is 0 Å². The van der Waals surface area contributed by atoms with E-state index in [0.717, 1.165) is 29.8 Å². The van der Waals surface area contributed by atoms with Crippen LogP contribution in [0.25, 0.3) is 0 Å². The van der Waals surface area contributed by atoms with Gasteiger partial charge in [-0.15, -0.1) is 0 Å². The van der Waals surface area contributed by atoms with Crippen LogP contribution in [0, 0.1) is 6.92 Å². The maximum atomic E-state index is 12.3. The molecule has 1 N–H and O–H groups in total. The van der Waals surface area contributed by atoms with Gasteiger partial charge in [-0.1, -0.05) is 42.0 Å². The summed E-state index contributed by atoms with van der Waals surface area (Å²) in [4.78, 5) is 12.3. The molecule has 2 aromatic rings. The van der Waals surface area contributed by atoms with E-state index in [4.69, 9.17) is 0 Å². The summed E-state index contributed by atoms with van der Waals surface area (Å²) in [5.41, 5.74) is 5.51. The number of hydrogen-bond acceptors (Lipinski definition) is 2. The first-order chi connectivity index (χ1) is 9.22. The average molecular weight is 251 g/mol. The van der Waals surface area contributed by atoms with E-state index < -0.39 is 0 Å². The lowest BCUT2D eigenvalue weighted by atomic mass is 10.00. The fourth-order valence-corrected chi connectivity index (χ4v) is 2.57. The second-order valence-electron chi connectivity index (χ2n) is 5.14. The van der Waals surface area contributed by atoms with Crippen LogP contribution in [0.4, 0.5) is 5.69 Å². The second-order valence-corrected chi connectivity index (χ2v) is 5.14. The highest BCUT2D eigenvalue weighted by Crippen LogP contribution is 2.24. The molecule has 0 saturated heterocycles. The number of nitrogens with one attached hydrogen (secondary N) is 1. The van der Waals surface area contributed by atoms with Crippen molar-refractivity contribution in [2.75, 3.05) is 11.9 Å². The van der Waals surface area contributed by atoms with Crippen LogP contribution < -0.4 is 5.32 Å². The van der Waals surface area contributed by atoms with Gasteiger partial charge in [-0.25, -0.2) is 0 Å². The average Bonchev–Trinajstić information content (AvgIpc) is 2.85. The number of anilines is 1. The molecule has 0 unspecified atom stereocenters. The molecule has 96 valence electrons. The maximum absolute atomic E-state index is 12.3. The molecular formula is C17H17NO. The molecule has 0 spiro atoms. The molecule has 0 aliphatic carbocycles. The van der Waals surface area contributed by atoms with Crippen molar-refractivity contribution in [2.24, 2.45) is 0 Å². The number of carbonyl (C=O) groups excluding carboxylic acids is 1. The molecule has 2 aromatic carbocycles. The Morgan fingerprint density at radius 2 is 2.11 bits per heavy atom. The van der Waals surface area contributed by atoms with E-state index in [-0.39, 0.29) is 5.78 Å². The van der Waals surface area contributed by atoms with Crippen molar-refractivity contribution in [2.45, 2.75) is 19.8 Å². The van der Waals surface area contributed by atoms with Gasteiger partial charge in [0.2, 0.25) is 0 Å². The molecular weight excluding hydrogens is 234 g/mol. The van der Waals surface area contributed by atoms with Crippen LogP contribution >= 0.6 is 0 Å². The molecule has 1 aliphatic heterocycles. The summed E-state index contributed by atoms with van der Waals surface area (Å²) in [7, 11) is 0. The van der Waals surface area contributed by atoms with E-state index in [1.54, 1.807) is 0 Å². The van der Waals surface area contributed by atoms with Gasteiger partial charge in [0.25, 0.3) is 0 Å². The number of carbonyl (C=O) groups is 1. The lowest BCUT2D eigenvalue weighted by Gasteiger charge is -2.05. The predicted molar refractivity (Wildman–Crippen MR) is 77.8 cm³/mol. The zero-order chi connectivity index (χ0) is 13.2. The summed E-state index contributed by atoms with van der Waals surface area (Å²) in [6, 6.07) is 14.1. The topological polar surface area (TPSA) is 29.1 Å². The Balaban J connectivity index is 1.81. The van der Waals surface area contributed by atoms with Gasteiger partial charge in [-0.2, -0.15) is 0 Å². The maximum Gasteiger partial charge on any atom is 0.167 e. The van der Waals surface area contributed by atoms with Crippen molar-refractivity contribution in [1.29, 1.82) is 0 Å². The van der Waals surface area contributed by atoms with E-state index in [2.05, 4.69) is 17.4 Å². The molecule has 19 heavy (non-hydrogen) atoms. The molecule has 0 bridgehead atoms. The van der Waals surface area contributed by atoms with Crippen LogP contribution in [-0.4, -0.2) is 12.3 Å². The highest BCUT2D eigenvalue weighted by Gasteiger charge is 2.13. The van der Waals surface area contributed by atoms with Crippen LogP contribution in [0.3, 0.4) is 0 Å². The fourth-order valence-electron chi connectivity index (χ4n) is 2.57. The molecule has 0 aromatic heterocycles. The van der Waals surface area contributed by atoms with E-state index in [9.17, 15) is 4.79 Å². The van der Waals surface area contributed by atoms with Gasteiger partial charge in [0, 0.05) is 24.2 Å². The number of benzene rings is 2. The van der Waals surface area contributed by atoms with Crippen LogP contribution in [0.1, 0.15) is 27.0 Å². The Hall–Kier alpha value is -2.09. The Kier molecular flexibility index (Phi) is 3.08. The van der Waals surface area contributed by atoms with Crippen molar-refractivity contribution in [3.05, 3.63) is 64.7 Å². The Bertz CT molecular complexity index is 631. The van der Waals surface area contributed by atoms with Gasteiger partial charge in [-0.05, 0) is 30.5 Å². The smallest absolute Gasteiger partial charge is 0.167 e. The monoisotopic (exact) mass is 251 g/mol. The normalized spacial score (nSPS) is 12.9. The zero-order valence-electron chi connectivity index (χ0n) is 11.1. The number of fused-ring (bicyclic) bond motifs is 1. The fraction of sp³-hybridized carbons (Fsp3) is 0.235. The minimum atomic E-state index is 0.183. The van der Waals surface area contributed by atoms with Crippen LogP contribution in [0.2, 0.25) is 0 Å². The third kappa shape index (κ3) is 2.53. The Morgan fingerprint density at radius 3 is 2.95 bits per heavy atom. The summed E-state index contributed by atoms with van der Waals surface area (Å²) in [6.45, 7) is 3.03. The molecule has 0 radical (unpaired) electrons. The number of hydrogen-bond donors (Lipinski definition) is 1. The van der Waals surface area contributed by atoms with E-state index >= 15 is 0 Å². The predicted octanol–water partition coefficient (Wildman–Crippen LogP) is 3.39. The first-order valence-corrected chi connectivity index (χ1v) is 6.68. The molecule has 0 atom stereocenters. The minimum Gasteiger partial charge on any atom is -0.384 e. The molecule has 3 rings (SSSR count). The Morgan fingerprint density at radius 1 is 1.21 bits per heavy atom. The highest BCUT2D eigenvalue weighted by atomic mass is 16.1. The first-order valence-electron chi connectivity index (χ1n) is 6.68. The van der Waals surface area contributed by atoms with Crippen LogP contribution in [-0.2, 0) is 12.8 Å². The molecule has 1 heterocycles. The summed E-state index contributed by atoms with van der Waals surface area (Å²) < 4.78 is 0. The minimum absolute atomic E-state index is 0.183. The summed E-state index contributed by atoms with van der Waals surface area (Å²) in [5, 5.41) is 3.32. The van der Waals surface area contributed by atoms with Crippen molar-refractivity contribution in [1.82, 2.24) is 0 Å². The Labute approximate surface area is 113 Å². The second kappa shape index (κ2) is 4.88. The molecule has 0 fully saturated rings. The van der Waals surface area contributed by atoms with E-state index in [1.807, 2.05) is 37.3 Å². The number of rotatable bonds is 3. The van der Waals surface area contributed by atoms with Crippen LogP contribution in [0.5, 0.6) is 0 Å². The van der Waals surface area contributed by atoms with Crippen molar-refractivity contribution in [3.63, 3.8) is 0 Å². The number of Topliss-reactive ketones (excluding diaryl/α,β-unsaturated/α-hetero) is 1. The van der Waals surface area contributed by atoms with Gasteiger partial charge < -0.3 is 5.32 Å². The lowest BCUT2D eigenvalue weighted by molar-refractivity contribution is 0.0993. The molecule has 2 heteroatoms. The lowest BCUT2D eigenvalue weighted by Crippen LogP contribution is -2.04. The third-order valence-corrected chi connectivity index (χ3v) is 3.59. The zero-order valence-corrected chi connectivity index (χ0v) is 11.1. The van der Waals surface area contributed by atoms with E-state index in [0.29, 0.717) is 6.42 Å². The van der Waals surface area contributed by atoms with E-state index in [1.165, 1.54) is 11.1 Å². The third-order valence-electron chi connectivity index (χ3n) is 3.59. The summed E-state index contributed by atoms with van der Waals surface area (Å²) in [6.07, 6.45) is 1.53. The molecule has 0 saturated carbocycles. The van der Waals surface area contributed by atoms with Gasteiger partial charge in [0.15, 0.2) is 5.78 Å². The highest BCUT2D eigenvalue weighted by molar-refractivity contribution is 5.98. The number of ketones is 1. The first kappa shape index (κ1) is 12.0. The van der Waals surface area contributed by atoms with Crippen molar-refractivity contribution < 1.29 is 4.79 Å². The largest absolute Gasteiger partial charge is 0.384 e. The quantitative estimate of drug-likeness (QED) is 0.847. The molecule has 2 nitrogen and oxygen atoms in total. The SMILES string of the molecule is Cc1cccc(CC(=O)c2ccc3c(c2)NCC3)c1. The van der Waals surface area contributed by atoms with Crippen LogP contribution in [0.15, 0.2) is 42.5 Å². The summed E-state index contributed by atoms with van der Waals surface area (Å²) in [5.74, 6) is 0.183. The molecule has 1 aliphatic rings. The standard InChI is InChI=1S/C17H17NO/c1-12-3-2-4-13(9-12)10-17(19)15-6-5-14-7-8-18-16(14)11-15/h2-6,9,11,18H,7-8,10H2,1H3. The van der Waals surface area contributed by atoms with Gasteiger partial charge in [0.05, 0.1) is 0 Å². The van der Waals surface area contributed by atoms with Crippen molar-refractivity contribution in [3.8, 4) is 0 Å². The van der Waals surface area contributed by atoms with Gasteiger partial charge in [-0.3, -0.25) is 4.79 Å². The van der Waals surface area contributed by atoms with Crippen molar-refractivity contribution >= 4 is 11.5 Å². The van der Waals surface area contributed by atoms with Gasteiger partial charge >= 0.3 is 0 Å². The number of aryl methyl sites for hydroxylation is 1. The summed E-state index contributed by atoms with van der Waals surface area (Å²) >= 11 is 0.